The number of carbonyl (C=O) groups is 1. The third-order valence-corrected chi connectivity index (χ3v) is 8.25. The van der Waals surface area contributed by atoms with E-state index in [1.54, 1.807) is 37.4 Å². The Morgan fingerprint density at radius 3 is 2.45 bits per heavy atom. The van der Waals surface area contributed by atoms with Crippen LogP contribution in [0.1, 0.15) is 40.2 Å². The molecule has 5 rings (SSSR count). The Kier molecular flexibility index (Phi) is 8.03. The molecule has 9 heteroatoms. The van der Waals surface area contributed by atoms with Gasteiger partial charge in [-0.25, -0.2) is 8.42 Å². The van der Waals surface area contributed by atoms with E-state index >= 15 is 0 Å². The van der Waals surface area contributed by atoms with Crippen molar-refractivity contribution < 1.29 is 22.4 Å². The van der Waals surface area contributed by atoms with Crippen molar-refractivity contribution in [2.24, 2.45) is 0 Å². The largest absolute Gasteiger partial charge is 0.455 e. The predicted molar refractivity (Wildman–Crippen MR) is 159 cm³/mol. The molecule has 7 nitrogen and oxygen atoms in total. The highest BCUT2D eigenvalue weighted by atomic mass is 35.5. The Morgan fingerprint density at radius 2 is 1.82 bits per heavy atom. The molecule has 1 aliphatic rings. The number of amides is 1. The summed E-state index contributed by atoms with van der Waals surface area (Å²) in [5.41, 5.74) is 4.55. The third-order valence-electron chi connectivity index (χ3n) is 6.87. The average molecular weight is 579 g/mol. The van der Waals surface area contributed by atoms with E-state index in [1.165, 1.54) is 10.6 Å². The van der Waals surface area contributed by atoms with Gasteiger partial charge >= 0.3 is 0 Å². The van der Waals surface area contributed by atoms with Crippen LogP contribution < -0.4 is 9.62 Å². The zero-order valence-electron chi connectivity index (χ0n) is 22.4. The first-order valence-electron chi connectivity index (χ1n) is 13.0. The molecule has 4 aromatic rings. The van der Waals surface area contributed by atoms with Crippen LogP contribution in [-0.2, 0) is 21.4 Å². The van der Waals surface area contributed by atoms with E-state index in [1.807, 2.05) is 36.4 Å². The molecule has 0 spiro atoms. The number of nitrogens with zero attached hydrogens (tertiary/aromatic N) is 1. The van der Waals surface area contributed by atoms with E-state index in [4.69, 9.17) is 20.8 Å². The Labute approximate surface area is 239 Å². The van der Waals surface area contributed by atoms with Crippen molar-refractivity contribution in [3.05, 3.63) is 101 Å². The number of sulfonamides is 1. The van der Waals surface area contributed by atoms with Gasteiger partial charge in [0.2, 0.25) is 10.0 Å². The molecule has 0 saturated heterocycles. The zero-order chi connectivity index (χ0) is 28.4. The summed E-state index contributed by atoms with van der Waals surface area (Å²) >= 11 is 6.08. The molecule has 1 aromatic heterocycles. The summed E-state index contributed by atoms with van der Waals surface area (Å²) in [5, 5.41) is 3.91. The quantitative estimate of drug-likeness (QED) is 0.204. The number of rotatable bonds is 11. The first kappa shape index (κ1) is 28.0. The molecule has 1 amide bonds. The van der Waals surface area contributed by atoms with Crippen molar-refractivity contribution in [2.75, 3.05) is 30.8 Å². The molecule has 1 fully saturated rings. The maximum Gasteiger partial charge on any atom is 0.255 e. The van der Waals surface area contributed by atoms with Gasteiger partial charge in [-0.3, -0.25) is 9.10 Å². The number of hydrogen-bond acceptors (Lipinski definition) is 5. The summed E-state index contributed by atoms with van der Waals surface area (Å²) < 4.78 is 39.6. The first-order chi connectivity index (χ1) is 19.2. The molecule has 0 radical (unpaired) electrons. The minimum atomic E-state index is -3.69. The van der Waals surface area contributed by atoms with E-state index in [2.05, 4.69) is 11.9 Å². The van der Waals surface area contributed by atoms with Crippen LogP contribution in [0, 0.1) is 0 Å². The van der Waals surface area contributed by atoms with Gasteiger partial charge in [0.25, 0.3) is 5.91 Å². The summed E-state index contributed by atoms with van der Waals surface area (Å²) in [6.07, 6.45) is 3.06. The molecule has 40 heavy (non-hydrogen) atoms. The maximum absolute atomic E-state index is 13.1. The minimum Gasteiger partial charge on any atom is -0.455 e. The fraction of sp³-hybridized carbons (Fsp3) is 0.258. The van der Waals surface area contributed by atoms with Gasteiger partial charge in [-0.05, 0) is 65.8 Å². The second-order valence-electron chi connectivity index (χ2n) is 10.1. The van der Waals surface area contributed by atoms with Crippen LogP contribution in [0.15, 0.2) is 83.3 Å². The van der Waals surface area contributed by atoms with Crippen molar-refractivity contribution in [2.45, 2.75) is 25.4 Å². The monoisotopic (exact) mass is 578 g/mol. The lowest BCUT2D eigenvalue weighted by Crippen LogP contribution is -2.33. The second kappa shape index (κ2) is 11.5. The van der Waals surface area contributed by atoms with Crippen LogP contribution in [-0.4, -0.2) is 40.8 Å². The Balaban J connectivity index is 1.53. The SMILES string of the molecule is C=C(COCc1ccccc1)CN(c1cc2oc(-c3ccc(Cl)cc3)c(C(=O)NC)c2cc1C1CC1)S(C)(=O)=O. The molecule has 0 unspecified atom stereocenters. The lowest BCUT2D eigenvalue weighted by atomic mass is 10.0. The third kappa shape index (κ3) is 6.09. The molecular formula is C31H31ClN2O5S. The number of ether oxygens (including phenoxy) is 1. The van der Waals surface area contributed by atoms with Crippen molar-refractivity contribution in [1.82, 2.24) is 5.32 Å². The predicted octanol–water partition coefficient (Wildman–Crippen LogP) is 6.53. The van der Waals surface area contributed by atoms with Gasteiger partial charge in [0, 0.05) is 29.1 Å². The molecule has 0 aliphatic heterocycles. The lowest BCUT2D eigenvalue weighted by Gasteiger charge is -2.26. The molecule has 0 bridgehead atoms. The van der Waals surface area contributed by atoms with E-state index < -0.39 is 10.0 Å². The first-order valence-corrected chi connectivity index (χ1v) is 15.2. The Bertz CT molecular complexity index is 1660. The minimum absolute atomic E-state index is 0.0614. The van der Waals surface area contributed by atoms with Gasteiger partial charge in [-0.15, -0.1) is 0 Å². The molecule has 0 atom stereocenters. The summed E-state index contributed by atoms with van der Waals surface area (Å²) in [6.45, 7) is 4.78. The van der Waals surface area contributed by atoms with E-state index in [9.17, 15) is 13.2 Å². The summed E-state index contributed by atoms with van der Waals surface area (Å²) in [5.74, 6) is 0.300. The van der Waals surface area contributed by atoms with Gasteiger partial charge in [-0.1, -0.05) is 48.5 Å². The topological polar surface area (TPSA) is 88.8 Å². The van der Waals surface area contributed by atoms with E-state index in [0.717, 1.165) is 24.0 Å². The normalized spacial score (nSPS) is 13.4. The highest BCUT2D eigenvalue weighted by Crippen LogP contribution is 2.48. The van der Waals surface area contributed by atoms with Crippen LogP contribution in [0.4, 0.5) is 5.69 Å². The van der Waals surface area contributed by atoms with Crippen LogP contribution >= 0.6 is 11.6 Å². The molecule has 1 heterocycles. The number of furan rings is 1. The summed E-state index contributed by atoms with van der Waals surface area (Å²) in [7, 11) is -2.12. The smallest absolute Gasteiger partial charge is 0.255 e. The van der Waals surface area contributed by atoms with Crippen LogP contribution in [0.2, 0.25) is 5.02 Å². The molecule has 1 aliphatic carbocycles. The maximum atomic E-state index is 13.1. The highest BCUT2D eigenvalue weighted by Gasteiger charge is 2.33. The lowest BCUT2D eigenvalue weighted by molar-refractivity contribution is 0.0964. The molecule has 3 aromatic carbocycles. The molecule has 1 N–H and O–H groups in total. The molecule has 208 valence electrons. The van der Waals surface area contributed by atoms with Gasteiger partial charge in [0.15, 0.2) is 0 Å². The number of carbonyl (C=O) groups excluding carboxylic acids is 1. The van der Waals surface area contributed by atoms with Crippen LogP contribution in [0.5, 0.6) is 0 Å². The highest BCUT2D eigenvalue weighted by molar-refractivity contribution is 7.92. The number of hydrogen-bond donors (Lipinski definition) is 1. The Morgan fingerprint density at radius 1 is 1.12 bits per heavy atom. The van der Waals surface area contributed by atoms with Gasteiger partial charge in [0.1, 0.15) is 11.3 Å². The van der Waals surface area contributed by atoms with Gasteiger partial charge < -0.3 is 14.5 Å². The fourth-order valence-corrected chi connectivity index (χ4v) is 5.82. The zero-order valence-corrected chi connectivity index (χ0v) is 24.0. The molecular weight excluding hydrogens is 548 g/mol. The number of anilines is 1. The van der Waals surface area contributed by atoms with Gasteiger partial charge in [0.05, 0.1) is 37.3 Å². The Hall–Kier alpha value is -3.59. The standard InChI is InChI=1S/C31H31ClN2O5S/c1-20(18-38-19-21-7-5-4-6-8-21)17-34(40(3,36)37)27-16-28-26(15-25(27)22-9-10-22)29(31(35)33-2)30(39-28)23-11-13-24(32)14-12-23/h4-8,11-16,22H,1,9-10,17-19H2,2-3H3,(H,33,35). The summed E-state index contributed by atoms with van der Waals surface area (Å²) in [6, 6.07) is 20.4. The van der Waals surface area contributed by atoms with Crippen molar-refractivity contribution in [3.8, 4) is 11.3 Å². The number of halogens is 1. The van der Waals surface area contributed by atoms with Crippen LogP contribution in [0.25, 0.3) is 22.3 Å². The number of fused-ring (bicyclic) bond motifs is 1. The van der Waals surface area contributed by atoms with Gasteiger partial charge in [-0.2, -0.15) is 0 Å². The number of nitrogens with one attached hydrogen (secondary N) is 1. The van der Waals surface area contributed by atoms with E-state index in [0.29, 0.717) is 50.7 Å². The number of benzene rings is 3. The fourth-order valence-electron chi connectivity index (χ4n) is 4.76. The summed E-state index contributed by atoms with van der Waals surface area (Å²) in [4.78, 5) is 13.0. The molecule has 1 saturated carbocycles. The van der Waals surface area contributed by atoms with Crippen molar-refractivity contribution in [3.63, 3.8) is 0 Å². The second-order valence-corrected chi connectivity index (χ2v) is 12.4. The van der Waals surface area contributed by atoms with Crippen molar-refractivity contribution in [1.29, 1.82) is 0 Å². The average Bonchev–Trinajstić information content (AvgIpc) is 3.71. The van der Waals surface area contributed by atoms with Crippen molar-refractivity contribution >= 4 is 44.2 Å². The van der Waals surface area contributed by atoms with E-state index in [-0.39, 0.29) is 25.0 Å². The van der Waals surface area contributed by atoms with Crippen LogP contribution in [0.3, 0.4) is 0 Å².